The molecule has 0 saturated heterocycles. The molecule has 0 bridgehead atoms. The maximum atomic E-state index is 11.0. The van der Waals surface area contributed by atoms with Gasteiger partial charge in [0.05, 0.1) is 13.2 Å². The van der Waals surface area contributed by atoms with Crippen LogP contribution in [0, 0.1) is 0 Å². The predicted molar refractivity (Wildman–Crippen MR) is 53.6 cm³/mol. The number of hydrogen-bond acceptors (Lipinski definition) is 7. The first kappa shape index (κ1) is 15.1. The van der Waals surface area contributed by atoms with Crippen molar-refractivity contribution in [2.24, 2.45) is 0 Å². The lowest BCUT2D eigenvalue weighted by atomic mass is 10.4. The van der Waals surface area contributed by atoms with E-state index in [1.54, 1.807) is 13.8 Å². The third kappa shape index (κ3) is 7.95. The van der Waals surface area contributed by atoms with Crippen LogP contribution in [0.15, 0.2) is 0 Å². The standard InChI is InChI=1S/C10H14O7/c1-3-15-7(11)5-9(13)17-10(14)6-8(12)16-4-2/h3-6H2,1-2H3. The minimum atomic E-state index is -1.06. The fourth-order valence-electron chi connectivity index (χ4n) is 0.859. The van der Waals surface area contributed by atoms with Crippen molar-refractivity contribution in [3.05, 3.63) is 0 Å². The molecule has 0 aromatic rings. The average molecular weight is 246 g/mol. The summed E-state index contributed by atoms with van der Waals surface area (Å²) >= 11 is 0. The number of carbonyl (C=O) groups is 4. The van der Waals surface area contributed by atoms with Crippen LogP contribution in [0.3, 0.4) is 0 Å². The van der Waals surface area contributed by atoms with Crippen molar-refractivity contribution in [2.75, 3.05) is 13.2 Å². The maximum absolute atomic E-state index is 11.0. The van der Waals surface area contributed by atoms with Gasteiger partial charge in [0, 0.05) is 0 Å². The summed E-state index contributed by atoms with van der Waals surface area (Å²) in [5, 5.41) is 0. The molecular formula is C10H14O7. The van der Waals surface area contributed by atoms with Gasteiger partial charge in [-0.15, -0.1) is 0 Å². The Kier molecular flexibility index (Phi) is 7.32. The largest absolute Gasteiger partial charge is 0.466 e. The Hall–Kier alpha value is -1.92. The van der Waals surface area contributed by atoms with Crippen molar-refractivity contribution in [3.8, 4) is 0 Å². The Labute approximate surface area is 98.0 Å². The first-order valence-corrected chi connectivity index (χ1v) is 5.04. The van der Waals surface area contributed by atoms with Gasteiger partial charge in [-0.05, 0) is 13.8 Å². The smallest absolute Gasteiger partial charge is 0.324 e. The first-order valence-electron chi connectivity index (χ1n) is 5.04. The SMILES string of the molecule is CCOC(=O)CC(=O)OC(=O)CC(=O)OCC. The molecule has 96 valence electrons. The molecule has 0 aliphatic carbocycles. The van der Waals surface area contributed by atoms with Crippen molar-refractivity contribution in [1.29, 1.82) is 0 Å². The quantitative estimate of drug-likeness (QED) is 0.368. The molecule has 0 atom stereocenters. The molecule has 0 N–H and O–H groups in total. The maximum Gasteiger partial charge on any atom is 0.324 e. The van der Waals surface area contributed by atoms with E-state index < -0.39 is 36.7 Å². The Morgan fingerprint density at radius 3 is 1.35 bits per heavy atom. The molecule has 0 amide bonds. The van der Waals surface area contributed by atoms with Crippen LogP contribution in [0.5, 0.6) is 0 Å². The zero-order valence-corrected chi connectivity index (χ0v) is 9.69. The van der Waals surface area contributed by atoms with Gasteiger partial charge in [-0.3, -0.25) is 19.2 Å². The number of esters is 4. The predicted octanol–water partition coefficient (Wildman–Crippen LogP) is -0.0374. The van der Waals surface area contributed by atoms with E-state index in [-0.39, 0.29) is 13.2 Å². The lowest BCUT2D eigenvalue weighted by Gasteiger charge is -2.03. The highest BCUT2D eigenvalue weighted by Gasteiger charge is 2.18. The Morgan fingerprint density at radius 2 is 1.06 bits per heavy atom. The molecule has 7 nitrogen and oxygen atoms in total. The van der Waals surface area contributed by atoms with Crippen molar-refractivity contribution in [3.63, 3.8) is 0 Å². The van der Waals surface area contributed by atoms with Crippen LogP contribution < -0.4 is 0 Å². The van der Waals surface area contributed by atoms with Gasteiger partial charge in [-0.2, -0.15) is 0 Å². The molecule has 7 heteroatoms. The summed E-state index contributed by atoms with van der Waals surface area (Å²) in [5.41, 5.74) is 0. The molecule has 0 radical (unpaired) electrons. The molecule has 0 aliphatic heterocycles. The lowest BCUT2D eigenvalue weighted by Crippen LogP contribution is -2.20. The average Bonchev–Trinajstić information content (AvgIpc) is 2.16. The van der Waals surface area contributed by atoms with Crippen LogP contribution >= 0.6 is 0 Å². The molecule has 0 saturated carbocycles. The van der Waals surface area contributed by atoms with E-state index in [0.717, 1.165) is 0 Å². The molecule has 0 aromatic carbocycles. The van der Waals surface area contributed by atoms with Crippen LogP contribution in [0.4, 0.5) is 0 Å². The third-order valence-corrected chi connectivity index (χ3v) is 1.42. The van der Waals surface area contributed by atoms with Crippen molar-refractivity contribution in [1.82, 2.24) is 0 Å². The highest BCUT2D eigenvalue weighted by atomic mass is 16.6. The van der Waals surface area contributed by atoms with E-state index in [1.165, 1.54) is 0 Å². The second-order valence-electron chi connectivity index (χ2n) is 2.81. The monoisotopic (exact) mass is 246 g/mol. The molecule has 0 aromatic heterocycles. The summed E-state index contributed by atoms with van der Waals surface area (Å²) in [7, 11) is 0. The van der Waals surface area contributed by atoms with Gasteiger partial charge in [-0.25, -0.2) is 0 Å². The Balaban J connectivity index is 3.92. The van der Waals surface area contributed by atoms with Crippen LogP contribution in [-0.4, -0.2) is 37.1 Å². The first-order chi connectivity index (χ1) is 7.99. The van der Waals surface area contributed by atoms with E-state index in [4.69, 9.17) is 0 Å². The number of hydrogen-bond donors (Lipinski definition) is 0. The molecule has 17 heavy (non-hydrogen) atoms. The highest BCUT2D eigenvalue weighted by Crippen LogP contribution is 1.95. The van der Waals surface area contributed by atoms with Crippen LogP contribution in [0.25, 0.3) is 0 Å². The van der Waals surface area contributed by atoms with E-state index >= 15 is 0 Å². The summed E-state index contributed by atoms with van der Waals surface area (Å²) in [5.74, 6) is -3.70. The molecule has 0 fully saturated rings. The summed E-state index contributed by atoms with van der Waals surface area (Å²) in [6.07, 6.45) is -1.33. The summed E-state index contributed by atoms with van der Waals surface area (Å²) in [6, 6.07) is 0. The lowest BCUT2D eigenvalue weighted by molar-refractivity contribution is -0.164. The summed E-state index contributed by atoms with van der Waals surface area (Å²) < 4.78 is 13.1. The van der Waals surface area contributed by atoms with E-state index in [0.29, 0.717) is 0 Å². The topological polar surface area (TPSA) is 96.0 Å². The normalized spacial score (nSPS) is 9.29. The zero-order valence-electron chi connectivity index (χ0n) is 9.69. The van der Waals surface area contributed by atoms with Gasteiger partial charge in [0.1, 0.15) is 12.8 Å². The van der Waals surface area contributed by atoms with Gasteiger partial charge in [-0.1, -0.05) is 0 Å². The van der Waals surface area contributed by atoms with Gasteiger partial charge in [0.2, 0.25) is 0 Å². The van der Waals surface area contributed by atoms with Gasteiger partial charge in [0.25, 0.3) is 0 Å². The second kappa shape index (κ2) is 8.26. The van der Waals surface area contributed by atoms with Crippen molar-refractivity contribution < 1.29 is 33.4 Å². The Bertz CT molecular complexity index is 278. The fraction of sp³-hybridized carbons (Fsp3) is 0.600. The molecule has 0 aliphatic rings. The minimum Gasteiger partial charge on any atom is -0.466 e. The molecule has 0 unspecified atom stereocenters. The number of ether oxygens (including phenoxy) is 3. The van der Waals surface area contributed by atoms with Gasteiger partial charge < -0.3 is 14.2 Å². The summed E-state index contributed by atoms with van der Waals surface area (Å²) in [4.78, 5) is 43.6. The highest BCUT2D eigenvalue weighted by molar-refractivity contribution is 6.00. The number of rotatable bonds is 6. The molecule has 0 rings (SSSR count). The van der Waals surface area contributed by atoms with E-state index in [9.17, 15) is 19.2 Å². The Morgan fingerprint density at radius 1 is 0.706 bits per heavy atom. The third-order valence-electron chi connectivity index (χ3n) is 1.42. The van der Waals surface area contributed by atoms with Crippen molar-refractivity contribution >= 4 is 23.9 Å². The molecule has 0 heterocycles. The fourth-order valence-corrected chi connectivity index (χ4v) is 0.859. The summed E-state index contributed by atoms with van der Waals surface area (Å²) in [6.45, 7) is 3.41. The van der Waals surface area contributed by atoms with Crippen LogP contribution in [0.2, 0.25) is 0 Å². The van der Waals surface area contributed by atoms with Crippen LogP contribution in [0.1, 0.15) is 26.7 Å². The van der Waals surface area contributed by atoms with E-state index in [2.05, 4.69) is 14.2 Å². The minimum absolute atomic E-state index is 0.128. The van der Waals surface area contributed by atoms with Gasteiger partial charge in [0.15, 0.2) is 0 Å². The van der Waals surface area contributed by atoms with Gasteiger partial charge >= 0.3 is 23.9 Å². The van der Waals surface area contributed by atoms with E-state index in [1.807, 2.05) is 0 Å². The second-order valence-corrected chi connectivity index (χ2v) is 2.81. The molecular weight excluding hydrogens is 232 g/mol. The molecule has 0 spiro atoms. The zero-order chi connectivity index (χ0) is 13.3. The van der Waals surface area contributed by atoms with Crippen molar-refractivity contribution in [2.45, 2.75) is 26.7 Å². The number of carbonyl (C=O) groups excluding carboxylic acids is 4. The van der Waals surface area contributed by atoms with Crippen LogP contribution in [-0.2, 0) is 33.4 Å².